The molecule has 0 saturated heterocycles. The maximum atomic E-state index is 11.0. The number of carbonyl (C=O) groups is 1. The van der Waals surface area contributed by atoms with E-state index in [9.17, 15) is 4.79 Å². The second-order valence-electron chi connectivity index (χ2n) is 2.82. The summed E-state index contributed by atoms with van der Waals surface area (Å²) in [5.74, 6) is 1.70. The molecule has 1 aliphatic rings. The van der Waals surface area contributed by atoms with Gasteiger partial charge in [0.05, 0.1) is 5.70 Å². The van der Waals surface area contributed by atoms with Crippen molar-refractivity contribution >= 4 is 23.5 Å². The molecule has 0 atom stereocenters. The van der Waals surface area contributed by atoms with Crippen LogP contribution in [-0.4, -0.2) is 10.9 Å². The normalized spacial score (nSPS) is 15.4. The second-order valence-corrected chi connectivity index (χ2v) is 3.54. The average Bonchev–Trinajstić information content (AvgIpc) is 2.67. The number of rotatable bonds is 1. The highest BCUT2D eigenvalue weighted by molar-refractivity contribution is 8.04. The van der Waals surface area contributed by atoms with Crippen LogP contribution in [0.25, 0.3) is 5.70 Å². The Balaban J connectivity index is 2.31. The van der Waals surface area contributed by atoms with Crippen LogP contribution >= 0.6 is 11.8 Å². The van der Waals surface area contributed by atoms with E-state index in [0.717, 1.165) is 11.3 Å². The molecule has 14 heavy (non-hydrogen) atoms. The van der Waals surface area contributed by atoms with E-state index in [1.165, 1.54) is 16.7 Å². The highest BCUT2D eigenvalue weighted by Gasteiger charge is 2.21. The standard InChI is InChI=1S/C10H9N2OS/c11-10(13)12-7-14-6-9(12)8-4-2-1-3-5-8/h1-7H,(H2,11,13). The van der Waals surface area contributed by atoms with E-state index in [1.54, 1.807) is 5.88 Å². The van der Waals surface area contributed by atoms with E-state index in [-0.39, 0.29) is 0 Å². The van der Waals surface area contributed by atoms with Crippen LogP contribution in [-0.2, 0) is 0 Å². The number of amides is 2. The molecule has 3 nitrogen and oxygen atoms in total. The first-order valence-electron chi connectivity index (χ1n) is 4.12. The van der Waals surface area contributed by atoms with E-state index >= 15 is 0 Å². The first-order valence-corrected chi connectivity index (χ1v) is 5.06. The Morgan fingerprint density at radius 2 is 2.00 bits per heavy atom. The van der Waals surface area contributed by atoms with Gasteiger partial charge in [-0.1, -0.05) is 30.3 Å². The van der Waals surface area contributed by atoms with Gasteiger partial charge in [-0.05, 0) is 11.0 Å². The predicted octanol–water partition coefficient (Wildman–Crippen LogP) is 2.23. The number of benzene rings is 1. The number of thioether (sulfide) groups is 1. The van der Waals surface area contributed by atoms with Crippen LogP contribution in [0.15, 0.2) is 35.7 Å². The maximum absolute atomic E-state index is 11.0. The molecule has 1 aromatic carbocycles. The minimum atomic E-state index is -0.454. The van der Waals surface area contributed by atoms with E-state index in [0.29, 0.717) is 0 Å². The van der Waals surface area contributed by atoms with Crippen molar-refractivity contribution in [3.8, 4) is 0 Å². The summed E-state index contributed by atoms with van der Waals surface area (Å²) in [6, 6.07) is 9.23. The molecule has 0 unspecified atom stereocenters. The molecule has 0 saturated carbocycles. The lowest BCUT2D eigenvalue weighted by molar-refractivity contribution is 0.236. The van der Waals surface area contributed by atoms with Gasteiger partial charge in [-0.2, -0.15) is 0 Å². The summed E-state index contributed by atoms with van der Waals surface area (Å²) in [7, 11) is 0. The van der Waals surface area contributed by atoms with Crippen LogP contribution in [0.4, 0.5) is 4.79 Å². The van der Waals surface area contributed by atoms with Crippen molar-refractivity contribution in [3.05, 3.63) is 47.2 Å². The van der Waals surface area contributed by atoms with Gasteiger partial charge in [-0.25, -0.2) is 4.79 Å². The molecule has 0 spiro atoms. The quantitative estimate of drug-likeness (QED) is 0.764. The number of hydrogen-bond donors (Lipinski definition) is 1. The molecule has 1 radical (unpaired) electrons. The molecule has 4 heteroatoms. The Hall–Kier alpha value is -1.42. The third-order valence-corrected chi connectivity index (χ3v) is 2.60. The summed E-state index contributed by atoms with van der Waals surface area (Å²) in [4.78, 5) is 12.5. The fourth-order valence-electron chi connectivity index (χ4n) is 1.26. The van der Waals surface area contributed by atoms with Gasteiger partial charge in [0.15, 0.2) is 0 Å². The van der Waals surface area contributed by atoms with E-state index < -0.39 is 6.03 Å². The zero-order valence-corrected chi connectivity index (χ0v) is 8.20. The SMILES string of the molecule is NC(=O)N1[CH]SC=C1c1ccccc1. The fraction of sp³-hybridized carbons (Fsp3) is 0. The summed E-state index contributed by atoms with van der Waals surface area (Å²) in [6.07, 6.45) is 0. The summed E-state index contributed by atoms with van der Waals surface area (Å²) in [5.41, 5.74) is 7.06. The number of carbonyl (C=O) groups excluding carboxylic acids is 1. The van der Waals surface area contributed by atoms with Crippen LogP contribution in [0.2, 0.25) is 0 Å². The van der Waals surface area contributed by atoms with Crippen LogP contribution in [0, 0.1) is 5.88 Å². The summed E-state index contributed by atoms with van der Waals surface area (Å²) in [5, 5.41) is 1.90. The minimum Gasteiger partial charge on any atom is -0.351 e. The number of nitrogens with zero attached hydrogens (tertiary/aromatic N) is 1. The lowest BCUT2D eigenvalue weighted by atomic mass is 10.1. The highest BCUT2D eigenvalue weighted by Crippen LogP contribution is 2.33. The summed E-state index contributed by atoms with van der Waals surface area (Å²) >= 11 is 1.45. The molecule has 1 aromatic rings. The largest absolute Gasteiger partial charge is 0.351 e. The van der Waals surface area contributed by atoms with E-state index in [2.05, 4.69) is 0 Å². The lowest BCUT2D eigenvalue weighted by Gasteiger charge is -2.15. The van der Waals surface area contributed by atoms with Gasteiger partial charge in [0.1, 0.15) is 5.88 Å². The Kier molecular flexibility index (Phi) is 2.45. The Morgan fingerprint density at radius 3 is 2.64 bits per heavy atom. The molecule has 2 amide bonds. The van der Waals surface area contributed by atoms with Crippen molar-refractivity contribution in [2.24, 2.45) is 5.73 Å². The summed E-state index contributed by atoms with van der Waals surface area (Å²) < 4.78 is 0. The minimum absolute atomic E-state index is 0.454. The first kappa shape index (κ1) is 9.15. The third-order valence-electron chi connectivity index (χ3n) is 1.91. The molecule has 1 aliphatic heterocycles. The lowest BCUT2D eigenvalue weighted by Crippen LogP contribution is -2.29. The smallest absolute Gasteiger partial charge is 0.320 e. The van der Waals surface area contributed by atoms with Gasteiger partial charge in [0.25, 0.3) is 0 Å². The molecule has 1 heterocycles. The monoisotopic (exact) mass is 205 g/mol. The molecule has 2 N–H and O–H groups in total. The van der Waals surface area contributed by atoms with Crippen molar-refractivity contribution in [3.63, 3.8) is 0 Å². The zero-order chi connectivity index (χ0) is 9.97. The highest BCUT2D eigenvalue weighted by atomic mass is 32.2. The van der Waals surface area contributed by atoms with E-state index in [4.69, 9.17) is 5.73 Å². The molecule has 0 aromatic heterocycles. The number of urea groups is 1. The van der Waals surface area contributed by atoms with Crippen molar-refractivity contribution in [1.82, 2.24) is 4.90 Å². The van der Waals surface area contributed by atoms with Gasteiger partial charge in [-0.15, -0.1) is 11.8 Å². The Morgan fingerprint density at radius 1 is 1.29 bits per heavy atom. The van der Waals surface area contributed by atoms with Crippen molar-refractivity contribution < 1.29 is 4.79 Å². The molecule has 0 aliphatic carbocycles. The Bertz CT molecular complexity index is 375. The topological polar surface area (TPSA) is 46.3 Å². The van der Waals surface area contributed by atoms with Gasteiger partial charge < -0.3 is 5.73 Å². The van der Waals surface area contributed by atoms with Crippen LogP contribution in [0.3, 0.4) is 0 Å². The number of primary amides is 1. The van der Waals surface area contributed by atoms with Gasteiger partial charge in [-0.3, -0.25) is 4.90 Å². The summed E-state index contributed by atoms with van der Waals surface area (Å²) in [6.45, 7) is 0. The molecule has 71 valence electrons. The van der Waals surface area contributed by atoms with Crippen LogP contribution in [0.1, 0.15) is 5.56 Å². The third kappa shape index (κ3) is 1.61. The molecule has 2 rings (SSSR count). The van der Waals surface area contributed by atoms with E-state index in [1.807, 2.05) is 35.7 Å². The zero-order valence-electron chi connectivity index (χ0n) is 7.38. The molecule has 0 fully saturated rings. The Labute approximate surface area is 86.6 Å². The van der Waals surface area contributed by atoms with Crippen LogP contribution in [0.5, 0.6) is 0 Å². The second kappa shape index (κ2) is 3.75. The fourth-order valence-corrected chi connectivity index (χ4v) is 2.03. The predicted molar refractivity (Wildman–Crippen MR) is 57.7 cm³/mol. The van der Waals surface area contributed by atoms with Crippen molar-refractivity contribution in [1.29, 1.82) is 0 Å². The van der Waals surface area contributed by atoms with Crippen molar-refractivity contribution in [2.45, 2.75) is 0 Å². The maximum Gasteiger partial charge on any atom is 0.320 e. The first-order chi connectivity index (χ1) is 6.79. The van der Waals surface area contributed by atoms with Crippen molar-refractivity contribution in [2.75, 3.05) is 0 Å². The van der Waals surface area contributed by atoms with Gasteiger partial charge in [0.2, 0.25) is 0 Å². The number of nitrogens with two attached hydrogens (primary N) is 1. The van der Waals surface area contributed by atoms with Crippen LogP contribution < -0.4 is 5.73 Å². The number of hydrogen-bond acceptors (Lipinski definition) is 2. The van der Waals surface area contributed by atoms with Gasteiger partial charge >= 0.3 is 6.03 Å². The average molecular weight is 205 g/mol. The molecular formula is C10H9N2OS. The molecular weight excluding hydrogens is 196 g/mol. The molecule has 0 bridgehead atoms. The van der Waals surface area contributed by atoms with Gasteiger partial charge in [0, 0.05) is 0 Å².